The molecule has 0 spiro atoms. The number of carbonyl (C=O) groups excluding carboxylic acids is 2. The van der Waals surface area contributed by atoms with Gasteiger partial charge < -0.3 is 10.2 Å². The predicted octanol–water partition coefficient (Wildman–Crippen LogP) is 2.67. The normalized spacial score (nSPS) is 12.2. The maximum atomic E-state index is 13.4. The monoisotopic (exact) mass is 459 g/mol. The van der Waals surface area contributed by atoms with Gasteiger partial charge in [0.05, 0.1) is 11.9 Å². The Morgan fingerprint density at radius 3 is 2.12 bits per heavy atom. The highest BCUT2D eigenvalue weighted by molar-refractivity contribution is 7.92. The maximum Gasteiger partial charge on any atom is 0.244 e. The number of hydrogen-bond acceptors (Lipinski definition) is 4. The standard InChI is InChI=1S/C24H33N3O4S/c1-6-22(24(29)25-4)26(13-12-20-10-8-7-9-11-20)23(28)17-27(32(5,30)31)21-15-18(2)14-19(3)16-21/h7-11,14-16,22H,6,12-13,17H2,1-5H3,(H,25,29). The summed E-state index contributed by atoms with van der Waals surface area (Å²) in [6.07, 6.45) is 2.06. The van der Waals surface area contributed by atoms with Crippen LogP contribution >= 0.6 is 0 Å². The van der Waals surface area contributed by atoms with E-state index in [1.807, 2.05) is 57.2 Å². The molecular formula is C24H33N3O4S. The highest BCUT2D eigenvalue weighted by Crippen LogP contribution is 2.22. The highest BCUT2D eigenvalue weighted by atomic mass is 32.2. The number of amides is 2. The Balaban J connectivity index is 2.37. The molecule has 1 atom stereocenters. The summed E-state index contributed by atoms with van der Waals surface area (Å²) in [5.74, 6) is -0.688. The highest BCUT2D eigenvalue weighted by Gasteiger charge is 2.31. The van der Waals surface area contributed by atoms with Crippen LogP contribution < -0.4 is 9.62 Å². The Morgan fingerprint density at radius 2 is 1.62 bits per heavy atom. The summed E-state index contributed by atoms with van der Waals surface area (Å²) in [4.78, 5) is 27.4. The molecule has 2 amide bonds. The molecule has 0 heterocycles. The SMILES string of the molecule is CCC(C(=O)NC)N(CCc1ccccc1)C(=O)CN(c1cc(C)cc(C)c1)S(C)(=O)=O. The number of likely N-dealkylation sites (N-methyl/N-ethyl adjacent to an activating group) is 1. The molecule has 8 heteroatoms. The Bertz CT molecular complexity index is 1020. The van der Waals surface area contributed by atoms with Gasteiger partial charge in [-0.2, -0.15) is 0 Å². The molecule has 0 saturated carbocycles. The van der Waals surface area contributed by atoms with Gasteiger partial charge in [-0.25, -0.2) is 8.42 Å². The number of rotatable bonds is 10. The average molecular weight is 460 g/mol. The fraction of sp³-hybridized carbons (Fsp3) is 0.417. The summed E-state index contributed by atoms with van der Waals surface area (Å²) >= 11 is 0. The lowest BCUT2D eigenvalue weighted by atomic mass is 10.1. The van der Waals surface area contributed by atoms with E-state index in [1.54, 1.807) is 12.1 Å². The summed E-state index contributed by atoms with van der Waals surface area (Å²) in [5, 5.41) is 2.62. The van der Waals surface area contributed by atoms with Crippen molar-refractivity contribution >= 4 is 27.5 Å². The minimum Gasteiger partial charge on any atom is -0.357 e. The van der Waals surface area contributed by atoms with Crippen LogP contribution in [0.25, 0.3) is 0 Å². The second-order valence-corrected chi connectivity index (χ2v) is 9.88. The first-order valence-electron chi connectivity index (χ1n) is 10.7. The lowest BCUT2D eigenvalue weighted by Crippen LogP contribution is -2.52. The van der Waals surface area contributed by atoms with Crippen LogP contribution in [0.4, 0.5) is 5.69 Å². The number of benzene rings is 2. The van der Waals surface area contributed by atoms with Gasteiger partial charge in [-0.3, -0.25) is 13.9 Å². The van der Waals surface area contributed by atoms with Gasteiger partial charge in [-0.1, -0.05) is 43.3 Å². The van der Waals surface area contributed by atoms with E-state index >= 15 is 0 Å². The second-order valence-electron chi connectivity index (χ2n) is 7.98. The number of nitrogens with one attached hydrogen (secondary N) is 1. The molecule has 0 bridgehead atoms. The molecule has 0 aliphatic heterocycles. The number of aryl methyl sites for hydroxylation is 2. The molecule has 174 valence electrons. The van der Waals surface area contributed by atoms with Gasteiger partial charge in [-0.15, -0.1) is 0 Å². The average Bonchev–Trinajstić information content (AvgIpc) is 2.73. The van der Waals surface area contributed by atoms with Crippen LogP contribution in [0.5, 0.6) is 0 Å². The molecular weight excluding hydrogens is 426 g/mol. The summed E-state index contributed by atoms with van der Waals surface area (Å²) in [6, 6.07) is 14.4. The van der Waals surface area contributed by atoms with Crippen molar-refractivity contribution in [1.82, 2.24) is 10.2 Å². The zero-order valence-electron chi connectivity index (χ0n) is 19.5. The topological polar surface area (TPSA) is 86.8 Å². The summed E-state index contributed by atoms with van der Waals surface area (Å²) < 4.78 is 26.3. The summed E-state index contributed by atoms with van der Waals surface area (Å²) in [6.45, 7) is 5.53. The van der Waals surface area contributed by atoms with Crippen molar-refractivity contribution in [1.29, 1.82) is 0 Å². The summed E-state index contributed by atoms with van der Waals surface area (Å²) in [5.41, 5.74) is 3.28. The Hall–Kier alpha value is -2.87. The van der Waals surface area contributed by atoms with Crippen molar-refractivity contribution in [3.8, 4) is 0 Å². The molecule has 1 N–H and O–H groups in total. The fourth-order valence-electron chi connectivity index (χ4n) is 3.77. The van der Waals surface area contributed by atoms with Crippen molar-refractivity contribution in [3.63, 3.8) is 0 Å². The van der Waals surface area contributed by atoms with Crippen LogP contribution in [-0.2, 0) is 26.0 Å². The van der Waals surface area contributed by atoms with Crippen LogP contribution in [0.1, 0.15) is 30.0 Å². The van der Waals surface area contributed by atoms with Crippen LogP contribution in [0.15, 0.2) is 48.5 Å². The van der Waals surface area contributed by atoms with Crippen molar-refractivity contribution in [2.24, 2.45) is 0 Å². The van der Waals surface area contributed by atoms with E-state index < -0.39 is 22.0 Å². The molecule has 2 aromatic carbocycles. The van der Waals surface area contributed by atoms with Crippen LogP contribution in [0.2, 0.25) is 0 Å². The zero-order valence-corrected chi connectivity index (χ0v) is 20.3. The molecule has 2 aromatic rings. The first-order chi connectivity index (χ1) is 15.1. The van der Waals surface area contributed by atoms with Crippen molar-refractivity contribution < 1.29 is 18.0 Å². The van der Waals surface area contributed by atoms with Gasteiger partial charge in [-0.05, 0) is 55.5 Å². The third-order valence-electron chi connectivity index (χ3n) is 5.29. The lowest BCUT2D eigenvalue weighted by Gasteiger charge is -2.32. The second kappa shape index (κ2) is 11.1. The molecule has 0 aliphatic rings. The molecule has 2 rings (SSSR count). The third kappa shape index (κ3) is 6.82. The predicted molar refractivity (Wildman–Crippen MR) is 128 cm³/mol. The molecule has 0 aliphatic carbocycles. The van der Waals surface area contributed by atoms with E-state index in [9.17, 15) is 18.0 Å². The first kappa shape index (κ1) is 25.4. The van der Waals surface area contributed by atoms with Gasteiger partial charge in [0.2, 0.25) is 21.8 Å². The number of carbonyl (C=O) groups is 2. The fourth-order valence-corrected chi connectivity index (χ4v) is 4.60. The van der Waals surface area contributed by atoms with E-state index in [0.29, 0.717) is 25.1 Å². The molecule has 0 aromatic heterocycles. The summed E-state index contributed by atoms with van der Waals surface area (Å²) in [7, 11) is -2.19. The molecule has 1 unspecified atom stereocenters. The van der Waals surface area contributed by atoms with E-state index in [-0.39, 0.29) is 12.5 Å². The Morgan fingerprint density at radius 1 is 1.03 bits per heavy atom. The smallest absolute Gasteiger partial charge is 0.244 e. The molecule has 0 fully saturated rings. The van der Waals surface area contributed by atoms with Crippen LogP contribution in [0, 0.1) is 13.8 Å². The van der Waals surface area contributed by atoms with Gasteiger partial charge >= 0.3 is 0 Å². The maximum absolute atomic E-state index is 13.4. The Kier molecular flexibility index (Phi) is 8.83. The molecule has 32 heavy (non-hydrogen) atoms. The van der Waals surface area contributed by atoms with Gasteiger partial charge in [0, 0.05) is 13.6 Å². The quantitative estimate of drug-likeness (QED) is 0.592. The van der Waals surface area contributed by atoms with Crippen molar-refractivity contribution in [3.05, 3.63) is 65.2 Å². The minimum absolute atomic E-state index is 0.272. The van der Waals surface area contributed by atoms with E-state index in [2.05, 4.69) is 5.32 Å². The zero-order chi connectivity index (χ0) is 23.9. The van der Waals surface area contributed by atoms with E-state index in [1.165, 1.54) is 11.9 Å². The number of anilines is 1. The molecule has 0 radical (unpaired) electrons. The van der Waals surface area contributed by atoms with E-state index in [0.717, 1.165) is 27.3 Å². The van der Waals surface area contributed by atoms with E-state index in [4.69, 9.17) is 0 Å². The van der Waals surface area contributed by atoms with Crippen LogP contribution in [-0.4, -0.2) is 57.6 Å². The lowest BCUT2D eigenvalue weighted by molar-refractivity contribution is -0.139. The minimum atomic E-state index is -3.72. The van der Waals surface area contributed by atoms with Crippen molar-refractivity contribution in [2.45, 2.75) is 39.7 Å². The van der Waals surface area contributed by atoms with Crippen LogP contribution in [0.3, 0.4) is 0 Å². The third-order valence-corrected chi connectivity index (χ3v) is 6.43. The van der Waals surface area contributed by atoms with Gasteiger partial charge in [0.1, 0.15) is 12.6 Å². The number of nitrogens with zero attached hydrogens (tertiary/aromatic N) is 2. The Labute approximate surface area is 191 Å². The molecule has 7 nitrogen and oxygen atoms in total. The van der Waals surface area contributed by atoms with Gasteiger partial charge in [0.25, 0.3) is 0 Å². The number of sulfonamides is 1. The first-order valence-corrected chi connectivity index (χ1v) is 12.5. The largest absolute Gasteiger partial charge is 0.357 e. The molecule has 0 saturated heterocycles. The van der Waals surface area contributed by atoms with Gasteiger partial charge in [0.15, 0.2) is 0 Å². The number of hydrogen-bond donors (Lipinski definition) is 1. The van der Waals surface area contributed by atoms with Crippen molar-refractivity contribution in [2.75, 3.05) is 30.7 Å².